The highest BCUT2D eigenvalue weighted by molar-refractivity contribution is 7.09. The quantitative estimate of drug-likeness (QED) is 0.469. The van der Waals surface area contributed by atoms with E-state index in [0.717, 1.165) is 9.78 Å². The number of thiophene rings is 1. The molecule has 7 nitrogen and oxygen atoms in total. The fourth-order valence-corrected chi connectivity index (χ4v) is 4.51. The Kier molecular flexibility index (Phi) is 6.74. The molecular formula is C25H24N2O5S. The van der Waals surface area contributed by atoms with E-state index in [2.05, 4.69) is 0 Å². The lowest BCUT2D eigenvalue weighted by atomic mass is 10.1. The van der Waals surface area contributed by atoms with Crippen LogP contribution in [0.15, 0.2) is 66.0 Å². The summed E-state index contributed by atoms with van der Waals surface area (Å²) in [6.07, 6.45) is -0.0763. The monoisotopic (exact) mass is 464 g/mol. The lowest BCUT2D eigenvalue weighted by molar-refractivity contribution is -0.122. The molecule has 170 valence electrons. The van der Waals surface area contributed by atoms with Crippen molar-refractivity contribution in [3.05, 3.63) is 76.5 Å². The van der Waals surface area contributed by atoms with Gasteiger partial charge in [0.25, 0.3) is 11.8 Å². The van der Waals surface area contributed by atoms with Crippen LogP contribution in [0, 0.1) is 0 Å². The van der Waals surface area contributed by atoms with Gasteiger partial charge < -0.3 is 14.4 Å². The number of rotatable bonds is 8. The van der Waals surface area contributed by atoms with Crippen LogP contribution >= 0.6 is 11.3 Å². The van der Waals surface area contributed by atoms with Crippen molar-refractivity contribution in [2.75, 3.05) is 18.6 Å². The number of amides is 3. The Morgan fingerprint density at radius 3 is 2.55 bits per heavy atom. The smallest absolute Gasteiger partial charge is 0.257 e. The van der Waals surface area contributed by atoms with Gasteiger partial charge >= 0.3 is 0 Å². The van der Waals surface area contributed by atoms with Gasteiger partial charge in [-0.05, 0) is 60.8 Å². The summed E-state index contributed by atoms with van der Waals surface area (Å²) >= 11 is 1.49. The summed E-state index contributed by atoms with van der Waals surface area (Å²) < 4.78 is 10.7. The Morgan fingerprint density at radius 1 is 1.09 bits per heavy atom. The number of imide groups is 1. The minimum Gasteiger partial charge on any atom is -0.497 e. The Labute approximate surface area is 196 Å². The number of benzene rings is 2. The van der Waals surface area contributed by atoms with E-state index in [0.29, 0.717) is 29.4 Å². The predicted octanol–water partition coefficient (Wildman–Crippen LogP) is 4.13. The van der Waals surface area contributed by atoms with Crippen molar-refractivity contribution in [2.24, 2.45) is 0 Å². The van der Waals surface area contributed by atoms with Crippen LogP contribution in [0.1, 0.15) is 28.6 Å². The maximum Gasteiger partial charge on any atom is 0.257 e. The minimum absolute atomic E-state index is 0.0763. The third-order valence-electron chi connectivity index (χ3n) is 5.39. The molecule has 0 radical (unpaired) electrons. The van der Waals surface area contributed by atoms with E-state index >= 15 is 0 Å². The van der Waals surface area contributed by atoms with Crippen molar-refractivity contribution in [1.29, 1.82) is 0 Å². The summed E-state index contributed by atoms with van der Waals surface area (Å²) in [4.78, 5) is 43.4. The zero-order valence-electron chi connectivity index (χ0n) is 18.4. The maximum absolute atomic E-state index is 13.5. The van der Waals surface area contributed by atoms with Crippen molar-refractivity contribution in [3.8, 4) is 11.5 Å². The highest BCUT2D eigenvalue weighted by Gasteiger charge is 2.44. The topological polar surface area (TPSA) is 76.2 Å². The first kappa shape index (κ1) is 22.5. The first-order chi connectivity index (χ1) is 16.0. The molecule has 2 heterocycles. The van der Waals surface area contributed by atoms with Crippen LogP contribution in [0.3, 0.4) is 0 Å². The van der Waals surface area contributed by atoms with Gasteiger partial charge in [0.05, 0.1) is 32.4 Å². The van der Waals surface area contributed by atoms with E-state index in [1.807, 2.05) is 24.4 Å². The molecule has 2 aromatic carbocycles. The molecule has 1 atom stereocenters. The fourth-order valence-electron chi connectivity index (χ4n) is 3.80. The van der Waals surface area contributed by atoms with Crippen LogP contribution in [0.25, 0.3) is 0 Å². The SMILES string of the molecule is CCOc1ccc(N2C(=O)CC(N(Cc3cccs3)C(=O)c3cccc(OC)c3)C2=O)cc1. The number of hydrogen-bond acceptors (Lipinski definition) is 6. The largest absolute Gasteiger partial charge is 0.497 e. The van der Waals surface area contributed by atoms with Crippen molar-refractivity contribution in [3.63, 3.8) is 0 Å². The number of carbonyl (C=O) groups excluding carboxylic acids is 3. The zero-order valence-corrected chi connectivity index (χ0v) is 19.2. The van der Waals surface area contributed by atoms with Crippen LogP contribution in [-0.4, -0.2) is 42.4 Å². The Hall–Kier alpha value is -3.65. The molecule has 0 spiro atoms. The van der Waals surface area contributed by atoms with E-state index in [9.17, 15) is 14.4 Å². The second-order valence-electron chi connectivity index (χ2n) is 7.46. The first-order valence-corrected chi connectivity index (χ1v) is 11.5. The second kappa shape index (κ2) is 9.87. The minimum atomic E-state index is -0.898. The van der Waals surface area contributed by atoms with Gasteiger partial charge in [-0.3, -0.25) is 14.4 Å². The number of anilines is 1. The number of carbonyl (C=O) groups is 3. The standard InChI is InChI=1S/C25H24N2O5S/c1-3-32-19-11-9-18(10-12-19)27-23(28)15-22(25(27)30)26(16-21-8-5-13-33-21)24(29)17-6-4-7-20(14-17)31-2/h4-14,22H,3,15-16H2,1-2H3. The van der Waals surface area contributed by atoms with E-state index in [1.54, 1.807) is 48.5 Å². The molecule has 3 aromatic rings. The summed E-state index contributed by atoms with van der Waals surface area (Å²) in [5.41, 5.74) is 0.853. The number of hydrogen-bond donors (Lipinski definition) is 0. The van der Waals surface area contributed by atoms with Gasteiger partial charge in [0.1, 0.15) is 17.5 Å². The Morgan fingerprint density at radius 2 is 1.88 bits per heavy atom. The van der Waals surface area contributed by atoms with Gasteiger partial charge in [0.15, 0.2) is 0 Å². The molecule has 1 saturated heterocycles. The van der Waals surface area contributed by atoms with Gasteiger partial charge in [0, 0.05) is 10.4 Å². The van der Waals surface area contributed by atoms with Crippen molar-refractivity contribution in [2.45, 2.75) is 25.9 Å². The van der Waals surface area contributed by atoms with Gasteiger partial charge in [0.2, 0.25) is 5.91 Å². The van der Waals surface area contributed by atoms with Gasteiger partial charge in [-0.25, -0.2) is 4.90 Å². The van der Waals surface area contributed by atoms with Crippen LogP contribution in [0.4, 0.5) is 5.69 Å². The zero-order chi connectivity index (χ0) is 23.4. The van der Waals surface area contributed by atoms with Crippen LogP contribution < -0.4 is 14.4 Å². The molecule has 1 unspecified atom stereocenters. The molecule has 4 rings (SSSR count). The van der Waals surface area contributed by atoms with Crippen LogP contribution in [0.2, 0.25) is 0 Å². The lowest BCUT2D eigenvalue weighted by Gasteiger charge is -2.27. The molecule has 0 saturated carbocycles. The molecule has 1 aliphatic rings. The molecule has 1 aliphatic heterocycles. The molecule has 8 heteroatoms. The van der Waals surface area contributed by atoms with Crippen molar-refractivity contribution in [1.82, 2.24) is 4.90 Å². The molecule has 0 aliphatic carbocycles. The lowest BCUT2D eigenvalue weighted by Crippen LogP contribution is -2.45. The molecule has 0 bridgehead atoms. The third-order valence-corrected chi connectivity index (χ3v) is 6.25. The van der Waals surface area contributed by atoms with E-state index in [-0.39, 0.29) is 24.8 Å². The summed E-state index contributed by atoms with van der Waals surface area (Å²) in [5, 5.41) is 1.91. The van der Waals surface area contributed by atoms with Crippen molar-refractivity contribution < 1.29 is 23.9 Å². The fraction of sp³-hybridized carbons (Fsp3) is 0.240. The highest BCUT2D eigenvalue weighted by Crippen LogP contribution is 2.30. The van der Waals surface area contributed by atoms with Crippen molar-refractivity contribution >= 4 is 34.7 Å². The number of nitrogens with zero attached hydrogens (tertiary/aromatic N) is 2. The van der Waals surface area contributed by atoms with E-state index < -0.39 is 11.9 Å². The Balaban J connectivity index is 1.64. The van der Waals surface area contributed by atoms with Crippen LogP contribution in [0.5, 0.6) is 11.5 Å². The Bertz CT molecular complexity index is 1140. The maximum atomic E-state index is 13.5. The van der Waals surface area contributed by atoms with Gasteiger partial charge in [-0.1, -0.05) is 12.1 Å². The number of methoxy groups -OCH3 is 1. The van der Waals surface area contributed by atoms with E-state index in [1.165, 1.54) is 23.3 Å². The molecule has 1 fully saturated rings. The molecule has 1 aromatic heterocycles. The molecular weight excluding hydrogens is 440 g/mol. The second-order valence-corrected chi connectivity index (χ2v) is 8.49. The normalized spacial score (nSPS) is 15.6. The van der Waals surface area contributed by atoms with E-state index in [4.69, 9.17) is 9.47 Å². The van der Waals surface area contributed by atoms with Gasteiger partial charge in [-0.2, -0.15) is 0 Å². The third kappa shape index (κ3) is 4.75. The van der Waals surface area contributed by atoms with Crippen LogP contribution in [-0.2, 0) is 16.1 Å². The molecule has 0 N–H and O–H groups in total. The van der Waals surface area contributed by atoms with Gasteiger partial charge in [-0.15, -0.1) is 11.3 Å². The summed E-state index contributed by atoms with van der Waals surface area (Å²) in [5.74, 6) is 0.105. The first-order valence-electron chi connectivity index (χ1n) is 10.6. The summed E-state index contributed by atoms with van der Waals surface area (Å²) in [6, 6.07) is 16.5. The molecule has 3 amide bonds. The average molecular weight is 465 g/mol. The molecule has 33 heavy (non-hydrogen) atoms. The number of ether oxygens (including phenoxy) is 2. The predicted molar refractivity (Wildman–Crippen MR) is 126 cm³/mol. The summed E-state index contributed by atoms with van der Waals surface area (Å²) in [7, 11) is 1.53. The highest BCUT2D eigenvalue weighted by atomic mass is 32.1. The average Bonchev–Trinajstić information content (AvgIpc) is 3.45. The summed E-state index contributed by atoms with van der Waals surface area (Å²) in [6.45, 7) is 2.63.